The van der Waals surface area contributed by atoms with Gasteiger partial charge in [-0.1, -0.05) is 19.9 Å². The Labute approximate surface area is 95.8 Å². The summed E-state index contributed by atoms with van der Waals surface area (Å²) in [6.45, 7) is 7.90. The summed E-state index contributed by atoms with van der Waals surface area (Å²) in [7, 11) is 0. The number of rotatable bonds is 5. The molecular weight excluding hydrogens is 202 g/mol. The molecule has 1 aromatic heterocycles. The van der Waals surface area contributed by atoms with Crippen molar-refractivity contribution in [3.8, 4) is 0 Å². The Kier molecular flexibility index (Phi) is 4.28. The van der Waals surface area contributed by atoms with Gasteiger partial charge in [-0.25, -0.2) is 4.79 Å². The van der Waals surface area contributed by atoms with Gasteiger partial charge in [-0.3, -0.25) is 4.57 Å². The molecule has 2 unspecified atom stereocenters. The first-order valence-corrected chi connectivity index (χ1v) is 5.55. The third-order valence-corrected chi connectivity index (χ3v) is 2.76. The maximum Gasteiger partial charge on any atom is 0.349 e. The van der Waals surface area contributed by atoms with Crippen molar-refractivity contribution in [2.45, 2.75) is 32.7 Å². The van der Waals surface area contributed by atoms with Gasteiger partial charge < -0.3 is 5.73 Å². The van der Waals surface area contributed by atoms with E-state index in [0.29, 0.717) is 5.92 Å². The van der Waals surface area contributed by atoms with Crippen molar-refractivity contribution in [3.05, 3.63) is 35.4 Å². The third-order valence-electron chi connectivity index (χ3n) is 2.76. The lowest BCUT2D eigenvalue weighted by atomic mass is 10.00. The second-order valence-electron chi connectivity index (χ2n) is 4.05. The molecule has 2 atom stereocenters. The number of nitrogen functional groups attached to an aromatic ring is 1. The summed E-state index contributed by atoms with van der Waals surface area (Å²) in [6, 6.07) is 1.82. The molecule has 0 bridgehead atoms. The molecule has 1 aromatic rings. The molecule has 0 spiro atoms. The molecule has 16 heavy (non-hydrogen) atoms. The van der Waals surface area contributed by atoms with Crippen molar-refractivity contribution in [2.75, 3.05) is 5.73 Å². The van der Waals surface area contributed by atoms with Crippen LogP contribution in [0.5, 0.6) is 0 Å². The zero-order chi connectivity index (χ0) is 12.1. The van der Waals surface area contributed by atoms with Crippen LogP contribution in [0.2, 0.25) is 0 Å². The average molecular weight is 221 g/mol. The van der Waals surface area contributed by atoms with Crippen LogP contribution >= 0.6 is 0 Å². The lowest BCUT2D eigenvalue weighted by molar-refractivity contribution is 0.395. The van der Waals surface area contributed by atoms with Crippen LogP contribution in [0.15, 0.2) is 29.7 Å². The van der Waals surface area contributed by atoms with Crippen molar-refractivity contribution >= 4 is 5.82 Å². The van der Waals surface area contributed by atoms with E-state index in [4.69, 9.17) is 5.73 Å². The van der Waals surface area contributed by atoms with Crippen LogP contribution in [-0.4, -0.2) is 9.55 Å². The second-order valence-corrected chi connectivity index (χ2v) is 4.05. The molecule has 88 valence electrons. The highest BCUT2D eigenvalue weighted by Gasteiger charge is 2.13. The van der Waals surface area contributed by atoms with Crippen LogP contribution in [0, 0.1) is 5.92 Å². The fourth-order valence-corrected chi connectivity index (χ4v) is 1.71. The van der Waals surface area contributed by atoms with E-state index >= 15 is 0 Å². The van der Waals surface area contributed by atoms with Crippen LogP contribution < -0.4 is 11.4 Å². The largest absolute Gasteiger partial charge is 0.383 e. The van der Waals surface area contributed by atoms with Gasteiger partial charge in [0.2, 0.25) is 0 Å². The molecule has 0 aliphatic carbocycles. The monoisotopic (exact) mass is 221 g/mol. The lowest BCUT2D eigenvalue weighted by Crippen LogP contribution is -2.27. The Morgan fingerprint density at radius 2 is 2.38 bits per heavy atom. The number of nitrogens with zero attached hydrogens (tertiary/aromatic N) is 2. The fourth-order valence-electron chi connectivity index (χ4n) is 1.71. The molecule has 0 aliphatic heterocycles. The SMILES string of the molecule is C=CC(C)CC(CC)n1ccc(N)nc1=O. The first kappa shape index (κ1) is 12.5. The maximum absolute atomic E-state index is 11.7. The van der Waals surface area contributed by atoms with E-state index in [-0.39, 0.29) is 17.5 Å². The molecule has 1 rings (SSSR count). The second kappa shape index (κ2) is 5.49. The van der Waals surface area contributed by atoms with Crippen LogP contribution in [0.1, 0.15) is 32.7 Å². The predicted molar refractivity (Wildman–Crippen MR) is 66.2 cm³/mol. The Morgan fingerprint density at radius 3 is 2.88 bits per heavy atom. The number of anilines is 1. The summed E-state index contributed by atoms with van der Waals surface area (Å²) in [5.74, 6) is 0.655. The van der Waals surface area contributed by atoms with Gasteiger partial charge in [0.05, 0.1) is 0 Å². The van der Waals surface area contributed by atoms with Crippen LogP contribution in [0.3, 0.4) is 0 Å². The summed E-state index contributed by atoms with van der Waals surface area (Å²) in [6.07, 6.45) is 5.41. The van der Waals surface area contributed by atoms with E-state index in [1.54, 1.807) is 16.8 Å². The fraction of sp³-hybridized carbons (Fsp3) is 0.500. The highest BCUT2D eigenvalue weighted by Crippen LogP contribution is 2.19. The van der Waals surface area contributed by atoms with Gasteiger partial charge >= 0.3 is 5.69 Å². The van der Waals surface area contributed by atoms with Crippen molar-refractivity contribution < 1.29 is 0 Å². The van der Waals surface area contributed by atoms with Crippen LogP contribution in [-0.2, 0) is 0 Å². The van der Waals surface area contributed by atoms with Gasteiger partial charge in [0.25, 0.3) is 0 Å². The van der Waals surface area contributed by atoms with Crippen molar-refractivity contribution in [1.82, 2.24) is 9.55 Å². The standard InChI is InChI=1S/C12H19N3O/c1-4-9(3)8-10(5-2)15-7-6-11(13)14-12(15)16/h4,6-7,9-10H,1,5,8H2,2-3H3,(H2,13,14,16). The third kappa shape index (κ3) is 2.95. The van der Waals surface area contributed by atoms with Crippen molar-refractivity contribution in [1.29, 1.82) is 0 Å². The Hall–Kier alpha value is -1.58. The Bertz CT molecular complexity index is 411. The zero-order valence-electron chi connectivity index (χ0n) is 9.89. The molecule has 2 N–H and O–H groups in total. The van der Waals surface area contributed by atoms with Gasteiger partial charge in [-0.15, -0.1) is 6.58 Å². The molecule has 0 aromatic carbocycles. The highest BCUT2D eigenvalue weighted by molar-refractivity contribution is 5.23. The lowest BCUT2D eigenvalue weighted by Gasteiger charge is -2.19. The van der Waals surface area contributed by atoms with Crippen molar-refractivity contribution in [2.24, 2.45) is 5.92 Å². The molecule has 0 aliphatic rings. The Balaban J connectivity index is 2.95. The number of nitrogens with two attached hydrogens (primary N) is 1. The summed E-state index contributed by atoms with van der Waals surface area (Å²) in [5.41, 5.74) is 5.18. The molecule has 4 heteroatoms. The van der Waals surface area contributed by atoms with E-state index in [1.807, 2.05) is 6.08 Å². The molecule has 0 amide bonds. The topological polar surface area (TPSA) is 60.9 Å². The zero-order valence-corrected chi connectivity index (χ0v) is 9.89. The minimum atomic E-state index is -0.275. The van der Waals surface area contributed by atoms with E-state index in [1.165, 1.54) is 0 Å². The van der Waals surface area contributed by atoms with Crippen molar-refractivity contribution in [3.63, 3.8) is 0 Å². The highest BCUT2D eigenvalue weighted by atomic mass is 16.1. The van der Waals surface area contributed by atoms with E-state index in [0.717, 1.165) is 12.8 Å². The summed E-state index contributed by atoms with van der Waals surface area (Å²) in [4.78, 5) is 15.4. The molecule has 1 heterocycles. The number of allylic oxidation sites excluding steroid dienone is 1. The summed E-state index contributed by atoms with van der Waals surface area (Å²) in [5, 5.41) is 0. The number of hydrogen-bond acceptors (Lipinski definition) is 3. The quantitative estimate of drug-likeness (QED) is 0.773. The van der Waals surface area contributed by atoms with Gasteiger partial charge in [-0.2, -0.15) is 4.98 Å². The minimum Gasteiger partial charge on any atom is -0.383 e. The van der Waals surface area contributed by atoms with Crippen LogP contribution in [0.4, 0.5) is 5.82 Å². The normalized spacial score (nSPS) is 14.4. The van der Waals surface area contributed by atoms with Gasteiger partial charge in [0, 0.05) is 12.2 Å². The van der Waals surface area contributed by atoms with E-state index in [2.05, 4.69) is 25.4 Å². The first-order valence-electron chi connectivity index (χ1n) is 5.55. The van der Waals surface area contributed by atoms with Gasteiger partial charge in [0.15, 0.2) is 0 Å². The van der Waals surface area contributed by atoms with Gasteiger partial charge in [0.1, 0.15) is 5.82 Å². The smallest absolute Gasteiger partial charge is 0.349 e. The van der Waals surface area contributed by atoms with Crippen LogP contribution in [0.25, 0.3) is 0 Å². The first-order chi connectivity index (χ1) is 7.58. The minimum absolute atomic E-state index is 0.161. The summed E-state index contributed by atoms with van der Waals surface area (Å²) < 4.78 is 1.65. The average Bonchev–Trinajstić information content (AvgIpc) is 2.26. The maximum atomic E-state index is 11.7. The van der Waals surface area contributed by atoms with E-state index in [9.17, 15) is 4.79 Å². The predicted octanol–water partition coefficient (Wildman–Crippen LogP) is 1.99. The number of aromatic nitrogens is 2. The molecule has 4 nitrogen and oxygen atoms in total. The molecule has 0 saturated heterocycles. The molecule has 0 fully saturated rings. The molecule has 0 saturated carbocycles. The molecule has 0 radical (unpaired) electrons. The van der Waals surface area contributed by atoms with E-state index < -0.39 is 0 Å². The Morgan fingerprint density at radius 1 is 1.69 bits per heavy atom. The summed E-state index contributed by atoms with van der Waals surface area (Å²) >= 11 is 0. The molecular formula is C12H19N3O. The van der Waals surface area contributed by atoms with Gasteiger partial charge in [-0.05, 0) is 24.8 Å². The number of hydrogen-bond donors (Lipinski definition) is 1.